The number of hydrogen-bond donors (Lipinski definition) is 2. The number of hydrogen-bond acceptors (Lipinski definition) is 6. The fourth-order valence-electron chi connectivity index (χ4n) is 10.1. The molecule has 0 radical (unpaired) electrons. The monoisotopic (exact) mass is 784 g/mol. The Labute approximate surface area is 346 Å². The minimum Gasteiger partial charge on any atom is -0.340 e. The Balaban J connectivity index is 0.873. The number of imidazole rings is 2. The summed E-state index contributed by atoms with van der Waals surface area (Å²) in [6.07, 6.45) is 6.19. The first kappa shape index (κ1) is 37.5. The molecule has 4 fully saturated rings. The molecule has 6 heterocycles. The molecule has 0 spiro atoms. The Kier molecular flexibility index (Phi) is 10.2. The van der Waals surface area contributed by atoms with Crippen LogP contribution < -0.4 is 0 Å². The standard InChI is InChI=1S/C49H52N8O2/c1-33-20-23-55(30-33)39-29-45(57(32-39)47(59)27-35-12-6-3-7-13-35)49-51-41-19-17-37(25-43(41)53-49)15-14-36-16-18-40-42(24-36)52-48(50-40)44-28-38(54-21-8-9-22-54)31-56(44)46(58)26-34-10-4-2-5-11-34/h2-7,10-13,16-19,24-25,33,38-39,44-45H,8-9,20-23,26-32H2,1H3,(H,50,52)(H,51,53)/t33-,38-,39-,44-,45-/m0/s1. The van der Waals surface area contributed by atoms with E-state index in [4.69, 9.17) is 9.97 Å². The van der Waals surface area contributed by atoms with Gasteiger partial charge in [-0.25, -0.2) is 9.97 Å². The summed E-state index contributed by atoms with van der Waals surface area (Å²) in [4.78, 5) is 54.2. The van der Waals surface area contributed by atoms with Crippen LogP contribution in [0.1, 0.15) is 85.0 Å². The molecule has 10 heteroatoms. The Hall–Kier alpha value is -5.76. The van der Waals surface area contributed by atoms with E-state index >= 15 is 0 Å². The average Bonchev–Trinajstić information content (AvgIpc) is 4.11. The van der Waals surface area contributed by atoms with Crippen LogP contribution in [0.25, 0.3) is 22.1 Å². The van der Waals surface area contributed by atoms with E-state index in [0.29, 0.717) is 30.8 Å². The summed E-state index contributed by atoms with van der Waals surface area (Å²) in [6.45, 7) is 8.15. The van der Waals surface area contributed by atoms with Crippen LogP contribution in [0.15, 0.2) is 97.1 Å². The molecular formula is C49H52N8O2. The van der Waals surface area contributed by atoms with Gasteiger partial charge in [-0.1, -0.05) is 79.4 Å². The van der Waals surface area contributed by atoms with Crippen molar-refractivity contribution in [1.29, 1.82) is 0 Å². The summed E-state index contributed by atoms with van der Waals surface area (Å²) >= 11 is 0. The van der Waals surface area contributed by atoms with Crippen LogP contribution in [-0.4, -0.2) is 103 Å². The van der Waals surface area contributed by atoms with Crippen molar-refractivity contribution in [2.45, 2.75) is 76.0 Å². The van der Waals surface area contributed by atoms with Crippen molar-refractivity contribution < 1.29 is 9.59 Å². The van der Waals surface area contributed by atoms with Gasteiger partial charge < -0.3 is 19.8 Å². The number of rotatable bonds is 8. The van der Waals surface area contributed by atoms with Gasteiger partial charge in [0.1, 0.15) is 11.6 Å². The van der Waals surface area contributed by atoms with E-state index in [0.717, 1.165) is 108 Å². The summed E-state index contributed by atoms with van der Waals surface area (Å²) in [5.74, 6) is 9.43. The van der Waals surface area contributed by atoms with E-state index in [-0.39, 0.29) is 23.9 Å². The first-order valence-electron chi connectivity index (χ1n) is 21.6. The number of nitrogens with zero attached hydrogens (tertiary/aromatic N) is 6. The fourth-order valence-corrected chi connectivity index (χ4v) is 10.1. The van der Waals surface area contributed by atoms with Crippen molar-refractivity contribution >= 4 is 33.9 Å². The number of likely N-dealkylation sites (tertiary alicyclic amines) is 4. The quantitative estimate of drug-likeness (QED) is 0.161. The van der Waals surface area contributed by atoms with Crippen molar-refractivity contribution in [3.8, 4) is 11.8 Å². The smallest absolute Gasteiger partial charge is 0.227 e. The number of H-pyrrole nitrogens is 2. The molecule has 4 aliphatic heterocycles. The lowest BCUT2D eigenvalue weighted by atomic mass is 10.1. The molecule has 0 saturated carbocycles. The highest BCUT2D eigenvalue weighted by Gasteiger charge is 2.42. The van der Waals surface area contributed by atoms with Gasteiger partial charge in [-0.05, 0) is 105 Å². The summed E-state index contributed by atoms with van der Waals surface area (Å²) in [5.41, 5.74) is 7.44. The number of amides is 2. The van der Waals surface area contributed by atoms with Crippen LogP contribution in [0.5, 0.6) is 0 Å². The first-order valence-corrected chi connectivity index (χ1v) is 21.6. The van der Waals surface area contributed by atoms with Crippen LogP contribution in [0.2, 0.25) is 0 Å². The maximum Gasteiger partial charge on any atom is 0.227 e. The van der Waals surface area contributed by atoms with Crippen molar-refractivity contribution in [3.63, 3.8) is 0 Å². The number of fused-ring (bicyclic) bond motifs is 2. The van der Waals surface area contributed by atoms with Gasteiger partial charge in [0, 0.05) is 42.8 Å². The molecule has 4 aliphatic rings. The minimum atomic E-state index is -0.107. The number of carbonyl (C=O) groups excluding carboxylic acids is 2. The van der Waals surface area contributed by atoms with Gasteiger partial charge >= 0.3 is 0 Å². The van der Waals surface area contributed by atoms with Crippen molar-refractivity contribution in [1.82, 2.24) is 39.5 Å². The maximum atomic E-state index is 13.9. The van der Waals surface area contributed by atoms with Gasteiger partial charge in [0.25, 0.3) is 0 Å². The lowest BCUT2D eigenvalue weighted by Crippen LogP contribution is -2.38. The second-order valence-electron chi connectivity index (χ2n) is 17.3. The summed E-state index contributed by atoms with van der Waals surface area (Å²) in [6, 6.07) is 32.8. The van der Waals surface area contributed by atoms with E-state index in [1.165, 1.54) is 19.3 Å². The Bertz CT molecular complexity index is 2530. The van der Waals surface area contributed by atoms with Crippen LogP contribution in [0.4, 0.5) is 0 Å². The van der Waals surface area contributed by atoms with Crippen molar-refractivity contribution in [2.75, 3.05) is 39.3 Å². The van der Waals surface area contributed by atoms with Gasteiger partial charge in [0.2, 0.25) is 11.8 Å². The van der Waals surface area contributed by atoms with Crippen LogP contribution in [0, 0.1) is 17.8 Å². The van der Waals surface area contributed by atoms with Gasteiger partial charge in [0.05, 0.1) is 47.0 Å². The normalized spacial score (nSPS) is 23.7. The summed E-state index contributed by atoms with van der Waals surface area (Å²) < 4.78 is 0. The zero-order valence-corrected chi connectivity index (χ0v) is 33.8. The first-order chi connectivity index (χ1) is 28.9. The van der Waals surface area contributed by atoms with Crippen molar-refractivity contribution in [2.24, 2.45) is 5.92 Å². The van der Waals surface area contributed by atoms with E-state index in [9.17, 15) is 9.59 Å². The van der Waals surface area contributed by atoms with Crippen molar-refractivity contribution in [3.05, 3.63) is 131 Å². The molecule has 0 unspecified atom stereocenters. The molecule has 2 aromatic heterocycles. The lowest BCUT2D eigenvalue weighted by molar-refractivity contribution is -0.132. The van der Waals surface area contributed by atoms with Gasteiger partial charge in [-0.2, -0.15) is 0 Å². The highest BCUT2D eigenvalue weighted by Crippen LogP contribution is 2.38. The number of aromatic nitrogens is 4. The van der Waals surface area contributed by atoms with Gasteiger partial charge in [-0.15, -0.1) is 0 Å². The largest absolute Gasteiger partial charge is 0.340 e. The Morgan fingerprint density at radius 1 is 0.627 bits per heavy atom. The third kappa shape index (κ3) is 7.89. The topological polar surface area (TPSA) is 104 Å². The zero-order valence-electron chi connectivity index (χ0n) is 33.8. The molecule has 10 nitrogen and oxygen atoms in total. The van der Waals surface area contributed by atoms with E-state index in [1.54, 1.807) is 0 Å². The molecule has 0 bridgehead atoms. The van der Waals surface area contributed by atoms with Crippen LogP contribution in [0.3, 0.4) is 0 Å². The fraction of sp³-hybridized carbons (Fsp3) is 0.388. The highest BCUT2D eigenvalue weighted by atomic mass is 16.2. The predicted octanol–water partition coefficient (Wildman–Crippen LogP) is 7.05. The molecule has 300 valence electrons. The Morgan fingerprint density at radius 2 is 1.12 bits per heavy atom. The molecule has 10 rings (SSSR count). The number of aromatic amines is 2. The number of benzene rings is 4. The third-order valence-electron chi connectivity index (χ3n) is 13.2. The number of carbonyl (C=O) groups is 2. The molecule has 5 atom stereocenters. The third-order valence-corrected chi connectivity index (χ3v) is 13.2. The highest BCUT2D eigenvalue weighted by molar-refractivity contribution is 5.82. The van der Waals surface area contributed by atoms with E-state index in [1.807, 2.05) is 84.9 Å². The molecule has 4 saturated heterocycles. The Morgan fingerprint density at radius 3 is 1.59 bits per heavy atom. The van der Waals surface area contributed by atoms with E-state index in [2.05, 4.69) is 60.5 Å². The molecule has 4 aromatic carbocycles. The van der Waals surface area contributed by atoms with Gasteiger partial charge in [0.15, 0.2) is 0 Å². The summed E-state index contributed by atoms with van der Waals surface area (Å²) in [5, 5.41) is 0. The minimum absolute atomic E-state index is 0.0992. The zero-order chi connectivity index (χ0) is 39.9. The lowest BCUT2D eigenvalue weighted by Gasteiger charge is -2.24. The number of nitrogens with one attached hydrogen (secondary N) is 2. The molecular weight excluding hydrogens is 733 g/mol. The second kappa shape index (κ2) is 16.1. The molecule has 2 N–H and O–H groups in total. The van der Waals surface area contributed by atoms with Crippen LogP contribution >= 0.6 is 0 Å². The average molecular weight is 785 g/mol. The summed E-state index contributed by atoms with van der Waals surface area (Å²) in [7, 11) is 0. The molecule has 0 aliphatic carbocycles. The maximum absolute atomic E-state index is 13.9. The SMILES string of the molecule is C[C@H]1CCN([C@H]2C[C@@H](c3nc4ccc(C#Cc5ccc6nc([C@@H]7C[C@H](N8CCCC8)CN7C(=O)Cc7ccccc7)[nH]c6c5)cc4[nH]3)N(C(=O)Cc3ccccc3)C2)C1. The van der Waals surface area contributed by atoms with Crippen LogP contribution in [-0.2, 0) is 22.4 Å². The molecule has 6 aromatic rings. The van der Waals surface area contributed by atoms with E-state index < -0.39 is 0 Å². The molecule has 59 heavy (non-hydrogen) atoms. The van der Waals surface area contributed by atoms with Gasteiger partial charge in [-0.3, -0.25) is 19.4 Å². The molecule has 2 amide bonds. The predicted molar refractivity (Wildman–Crippen MR) is 230 cm³/mol. The second-order valence-corrected chi connectivity index (χ2v) is 17.3.